The third-order valence-electron chi connectivity index (χ3n) is 4.63. The molecule has 11 heteroatoms. The summed E-state index contributed by atoms with van der Waals surface area (Å²) in [4.78, 5) is 12.6. The van der Waals surface area contributed by atoms with Gasteiger partial charge in [0.05, 0.1) is 16.4 Å². The number of amides is 1. The minimum atomic E-state index is -4.59. The molecule has 0 saturated carbocycles. The van der Waals surface area contributed by atoms with Crippen molar-refractivity contribution in [3.05, 3.63) is 77.3 Å². The molecule has 0 spiro atoms. The van der Waals surface area contributed by atoms with Gasteiger partial charge in [-0.25, -0.2) is 17.9 Å². The minimum absolute atomic E-state index is 0.00821. The second-order valence-electron chi connectivity index (χ2n) is 7.07. The first-order valence-corrected chi connectivity index (χ1v) is 10.8. The van der Waals surface area contributed by atoms with E-state index >= 15 is 0 Å². The van der Waals surface area contributed by atoms with Crippen molar-refractivity contribution in [2.24, 2.45) is 11.1 Å². The van der Waals surface area contributed by atoms with Crippen LogP contribution in [0.15, 0.2) is 70.8 Å². The molecule has 2 aromatic rings. The predicted octanol–water partition coefficient (Wildman–Crippen LogP) is 4.19. The fourth-order valence-corrected chi connectivity index (χ4v) is 3.56. The van der Waals surface area contributed by atoms with Gasteiger partial charge in [0, 0.05) is 5.69 Å². The van der Waals surface area contributed by atoms with E-state index in [2.05, 4.69) is 5.32 Å². The summed E-state index contributed by atoms with van der Waals surface area (Å²) >= 11 is 0. The van der Waals surface area contributed by atoms with Gasteiger partial charge in [0.1, 0.15) is 17.3 Å². The Morgan fingerprint density at radius 1 is 1.19 bits per heavy atom. The second kappa shape index (κ2) is 8.75. The number of hydrogen-bond donors (Lipinski definition) is 2. The molecule has 0 heterocycles. The van der Waals surface area contributed by atoms with Crippen LogP contribution in [0.1, 0.15) is 12.0 Å². The summed E-state index contributed by atoms with van der Waals surface area (Å²) in [6, 6.07) is 8.55. The second-order valence-corrected chi connectivity index (χ2v) is 8.63. The molecule has 1 aliphatic rings. The largest absolute Gasteiger partial charge is 0.457 e. The first kappa shape index (κ1) is 23.5. The number of alkyl halides is 3. The van der Waals surface area contributed by atoms with E-state index in [1.165, 1.54) is 30.3 Å². The maximum Gasteiger partial charge on any atom is 0.395 e. The molecule has 3 N–H and O–H groups in total. The van der Waals surface area contributed by atoms with E-state index in [0.29, 0.717) is 5.56 Å². The molecule has 6 nitrogen and oxygen atoms in total. The van der Waals surface area contributed by atoms with Crippen LogP contribution >= 0.6 is 0 Å². The van der Waals surface area contributed by atoms with E-state index in [-0.39, 0.29) is 22.1 Å². The van der Waals surface area contributed by atoms with Gasteiger partial charge in [-0.15, -0.1) is 0 Å². The Morgan fingerprint density at radius 3 is 2.53 bits per heavy atom. The normalized spacial score (nSPS) is 16.8. The third-order valence-corrected chi connectivity index (χ3v) is 5.54. The molecule has 0 fully saturated rings. The Morgan fingerprint density at radius 2 is 1.91 bits per heavy atom. The average molecular weight is 470 g/mol. The molecule has 2 aromatic carbocycles. The number of benzene rings is 2. The molecular weight excluding hydrogens is 452 g/mol. The van der Waals surface area contributed by atoms with E-state index in [1.54, 1.807) is 6.92 Å². The number of carbonyl (C=O) groups is 1. The van der Waals surface area contributed by atoms with Crippen molar-refractivity contribution in [2.45, 2.75) is 24.4 Å². The summed E-state index contributed by atoms with van der Waals surface area (Å²) in [5, 5.41) is 7.43. The van der Waals surface area contributed by atoms with E-state index in [1.807, 2.05) is 0 Å². The highest BCUT2D eigenvalue weighted by Crippen LogP contribution is 2.37. The van der Waals surface area contributed by atoms with Crippen LogP contribution in [-0.4, -0.2) is 20.5 Å². The molecule has 3 rings (SSSR count). The first-order chi connectivity index (χ1) is 14.8. The topological polar surface area (TPSA) is 98.5 Å². The molecule has 0 aliphatic heterocycles. The summed E-state index contributed by atoms with van der Waals surface area (Å²) in [6.45, 7) is 1.54. The molecule has 1 aliphatic carbocycles. The van der Waals surface area contributed by atoms with E-state index in [0.717, 1.165) is 24.3 Å². The van der Waals surface area contributed by atoms with Crippen LogP contribution in [-0.2, 0) is 14.8 Å². The Labute approximate surface area is 181 Å². The van der Waals surface area contributed by atoms with Crippen molar-refractivity contribution < 1.29 is 35.5 Å². The summed E-state index contributed by atoms with van der Waals surface area (Å²) in [5.41, 5.74) is -0.0124. The predicted molar refractivity (Wildman–Crippen MR) is 109 cm³/mol. The van der Waals surface area contributed by atoms with Crippen molar-refractivity contribution >= 4 is 21.6 Å². The number of carbonyl (C=O) groups excluding carboxylic acids is 1. The number of primary sulfonamides is 1. The zero-order chi connectivity index (χ0) is 23.7. The third kappa shape index (κ3) is 5.54. The Balaban J connectivity index is 1.93. The molecule has 1 atom stereocenters. The molecule has 1 amide bonds. The Bertz CT molecular complexity index is 1220. The van der Waals surface area contributed by atoms with Crippen molar-refractivity contribution in [3.8, 4) is 5.75 Å². The maximum absolute atomic E-state index is 13.3. The fourth-order valence-electron chi connectivity index (χ4n) is 3.00. The van der Waals surface area contributed by atoms with Crippen LogP contribution < -0.4 is 15.2 Å². The number of allylic oxidation sites excluding steroid dienone is 2. The molecule has 1 unspecified atom stereocenters. The quantitative estimate of drug-likeness (QED) is 0.641. The number of anilines is 1. The standard InChI is InChI=1S/C21H18F4N2O4S/c1-12-9-14(22)6-8-18(12)31-19-7-5-13(21(23,24)25)10-17(19)20(28)27-15-3-2-4-16(11-15)32(26,29)30/h2-4,6-11,13H,5H2,1H3,(H,27,28)(H2,26,29,30). The summed E-state index contributed by atoms with van der Waals surface area (Å²) in [5.74, 6) is -3.36. The number of nitrogens with one attached hydrogen (secondary N) is 1. The summed E-state index contributed by atoms with van der Waals surface area (Å²) in [6.07, 6.45) is -3.16. The highest BCUT2D eigenvalue weighted by atomic mass is 32.2. The SMILES string of the molecule is Cc1cc(F)ccc1OC1=CCC(C(F)(F)F)C=C1C(=O)Nc1cccc(S(N)(=O)=O)c1. The molecular formula is C21H18F4N2O4S. The Hall–Kier alpha value is -3.18. The molecule has 0 radical (unpaired) electrons. The van der Waals surface area contributed by atoms with E-state index in [9.17, 15) is 30.8 Å². The zero-order valence-corrected chi connectivity index (χ0v) is 17.4. The average Bonchev–Trinajstić information content (AvgIpc) is 2.69. The van der Waals surface area contributed by atoms with E-state index < -0.39 is 45.8 Å². The van der Waals surface area contributed by atoms with Gasteiger partial charge in [-0.1, -0.05) is 12.1 Å². The smallest absolute Gasteiger partial charge is 0.395 e. The van der Waals surface area contributed by atoms with Gasteiger partial charge in [-0.05, 0) is 61.4 Å². The molecule has 32 heavy (non-hydrogen) atoms. The number of ether oxygens (including phenoxy) is 1. The molecule has 0 saturated heterocycles. The van der Waals surface area contributed by atoms with Gasteiger partial charge >= 0.3 is 6.18 Å². The molecule has 0 aromatic heterocycles. The Kier molecular flexibility index (Phi) is 6.42. The van der Waals surface area contributed by atoms with Gasteiger partial charge in [0.2, 0.25) is 10.0 Å². The lowest BCUT2D eigenvalue weighted by Crippen LogP contribution is -2.27. The highest BCUT2D eigenvalue weighted by molar-refractivity contribution is 7.89. The monoisotopic (exact) mass is 470 g/mol. The van der Waals surface area contributed by atoms with E-state index in [4.69, 9.17) is 9.88 Å². The number of rotatable bonds is 5. The lowest BCUT2D eigenvalue weighted by molar-refractivity contribution is -0.160. The van der Waals surface area contributed by atoms with Gasteiger partial charge < -0.3 is 10.1 Å². The lowest BCUT2D eigenvalue weighted by atomic mass is 9.93. The van der Waals surface area contributed by atoms with Crippen molar-refractivity contribution in [1.29, 1.82) is 0 Å². The fraction of sp³-hybridized carbons (Fsp3) is 0.190. The van der Waals surface area contributed by atoms with Crippen LogP contribution in [0, 0.1) is 18.7 Å². The highest BCUT2D eigenvalue weighted by Gasteiger charge is 2.40. The molecule has 0 bridgehead atoms. The maximum atomic E-state index is 13.3. The van der Waals surface area contributed by atoms with Crippen LogP contribution in [0.5, 0.6) is 5.75 Å². The van der Waals surface area contributed by atoms with Gasteiger partial charge in [0.25, 0.3) is 5.91 Å². The number of nitrogens with two attached hydrogens (primary N) is 1. The number of sulfonamides is 1. The van der Waals surface area contributed by atoms with Crippen LogP contribution in [0.2, 0.25) is 0 Å². The minimum Gasteiger partial charge on any atom is -0.457 e. The number of aryl methyl sites for hydroxylation is 1. The van der Waals surface area contributed by atoms with Crippen LogP contribution in [0.25, 0.3) is 0 Å². The first-order valence-electron chi connectivity index (χ1n) is 9.22. The van der Waals surface area contributed by atoms with Gasteiger partial charge in [0.15, 0.2) is 0 Å². The van der Waals surface area contributed by atoms with Crippen LogP contribution in [0.3, 0.4) is 0 Å². The number of hydrogen-bond acceptors (Lipinski definition) is 4. The van der Waals surface area contributed by atoms with Crippen LogP contribution in [0.4, 0.5) is 23.2 Å². The summed E-state index contributed by atoms with van der Waals surface area (Å²) < 4.78 is 81.9. The number of halogens is 4. The lowest BCUT2D eigenvalue weighted by Gasteiger charge is -2.24. The van der Waals surface area contributed by atoms with Gasteiger partial charge in [-0.2, -0.15) is 13.2 Å². The van der Waals surface area contributed by atoms with Gasteiger partial charge in [-0.3, -0.25) is 4.79 Å². The zero-order valence-electron chi connectivity index (χ0n) is 16.6. The van der Waals surface area contributed by atoms with Crippen molar-refractivity contribution in [3.63, 3.8) is 0 Å². The molecule has 170 valence electrons. The van der Waals surface area contributed by atoms with Crippen molar-refractivity contribution in [1.82, 2.24) is 0 Å². The van der Waals surface area contributed by atoms with Crippen molar-refractivity contribution in [2.75, 3.05) is 5.32 Å². The summed E-state index contributed by atoms with van der Waals surface area (Å²) in [7, 11) is -4.06.